The molecule has 3 nitrogen and oxygen atoms in total. The van der Waals surface area contributed by atoms with Gasteiger partial charge in [-0.1, -0.05) is 91.0 Å². The molecule has 0 bridgehead atoms. The molecule has 0 amide bonds. The summed E-state index contributed by atoms with van der Waals surface area (Å²) in [6.07, 6.45) is 0. The predicted molar refractivity (Wildman–Crippen MR) is 138 cm³/mol. The van der Waals surface area contributed by atoms with E-state index in [4.69, 9.17) is 4.42 Å². The number of fused-ring (bicyclic) bond motifs is 3. The number of nitrogens with zero attached hydrogens (tertiary/aromatic N) is 2. The number of halogens is 1. The fourth-order valence-electron chi connectivity index (χ4n) is 4.12. The van der Waals surface area contributed by atoms with Crippen LogP contribution in [0.4, 0.5) is 0 Å². The third kappa shape index (κ3) is 3.37. The lowest BCUT2D eigenvalue weighted by molar-refractivity contribution is 0.670. The van der Waals surface area contributed by atoms with Gasteiger partial charge in [0.2, 0.25) is 0 Å². The molecule has 0 saturated carbocycles. The highest BCUT2D eigenvalue weighted by molar-refractivity contribution is 14.1. The van der Waals surface area contributed by atoms with Crippen LogP contribution >= 0.6 is 22.6 Å². The van der Waals surface area contributed by atoms with Crippen molar-refractivity contribution >= 4 is 44.5 Å². The Morgan fingerprint density at radius 2 is 1.19 bits per heavy atom. The summed E-state index contributed by atoms with van der Waals surface area (Å²) in [5, 5.41) is 2.28. The summed E-state index contributed by atoms with van der Waals surface area (Å²) in [7, 11) is 0. The monoisotopic (exact) mass is 524 g/mol. The maximum absolute atomic E-state index is 6.21. The Bertz CT molecular complexity index is 1570. The Hall–Kier alpha value is -3.51. The van der Waals surface area contributed by atoms with E-state index in [0.717, 1.165) is 59.4 Å². The summed E-state index contributed by atoms with van der Waals surface area (Å²) in [5.41, 5.74) is 8.02. The average Bonchev–Trinajstić information content (AvgIpc) is 3.23. The van der Waals surface area contributed by atoms with Crippen LogP contribution in [0.15, 0.2) is 108 Å². The summed E-state index contributed by atoms with van der Waals surface area (Å²) in [6, 6.07) is 35.2. The number of rotatable bonds is 3. The molecule has 4 heteroatoms. The van der Waals surface area contributed by atoms with Gasteiger partial charge in [-0.05, 0) is 17.7 Å². The van der Waals surface area contributed by atoms with Crippen molar-refractivity contribution in [2.75, 3.05) is 0 Å². The zero-order valence-corrected chi connectivity index (χ0v) is 19.2. The van der Waals surface area contributed by atoms with Gasteiger partial charge in [0.05, 0.1) is 11.4 Å². The van der Waals surface area contributed by atoms with Crippen LogP contribution in [-0.2, 0) is 0 Å². The summed E-state index contributed by atoms with van der Waals surface area (Å²) in [4.78, 5) is 9.28. The average molecular weight is 524 g/mol. The first-order chi connectivity index (χ1) is 15.8. The lowest BCUT2D eigenvalue weighted by Crippen LogP contribution is -1.94. The van der Waals surface area contributed by atoms with Gasteiger partial charge in [0, 0.05) is 50.1 Å². The molecule has 0 saturated heterocycles. The Morgan fingerprint density at radius 3 is 1.97 bits per heavy atom. The second kappa shape index (κ2) is 7.88. The fourth-order valence-corrected chi connectivity index (χ4v) is 4.64. The zero-order valence-electron chi connectivity index (χ0n) is 17.0. The van der Waals surface area contributed by atoms with Crippen molar-refractivity contribution in [2.45, 2.75) is 0 Å². The standard InChI is InChI=1S/C28H17IN2O/c29-28-30-24(19-7-2-1-3-8-19)17-25(31-28)20-15-13-18(14-16-20)21-10-6-11-23-22-9-4-5-12-26(22)32-27(21)23/h1-17H. The van der Waals surface area contributed by atoms with E-state index in [-0.39, 0.29) is 0 Å². The lowest BCUT2D eigenvalue weighted by atomic mass is 10.00. The summed E-state index contributed by atoms with van der Waals surface area (Å²) >= 11 is 2.18. The number of benzene rings is 4. The molecule has 32 heavy (non-hydrogen) atoms. The first-order valence-corrected chi connectivity index (χ1v) is 11.5. The van der Waals surface area contributed by atoms with Crippen LogP contribution in [-0.4, -0.2) is 9.97 Å². The first-order valence-electron chi connectivity index (χ1n) is 10.4. The van der Waals surface area contributed by atoms with Gasteiger partial charge in [0.1, 0.15) is 11.2 Å². The van der Waals surface area contributed by atoms with E-state index < -0.39 is 0 Å². The topological polar surface area (TPSA) is 38.9 Å². The van der Waals surface area contributed by atoms with E-state index in [1.807, 2.05) is 42.5 Å². The van der Waals surface area contributed by atoms with Crippen molar-refractivity contribution in [1.29, 1.82) is 0 Å². The SMILES string of the molecule is Ic1nc(-c2ccccc2)cc(-c2ccc(-c3cccc4c3oc3ccccc34)cc2)n1. The Labute approximate surface area is 198 Å². The van der Waals surface area contributed by atoms with Gasteiger partial charge in [-0.25, -0.2) is 9.97 Å². The van der Waals surface area contributed by atoms with Gasteiger partial charge in [-0.15, -0.1) is 0 Å². The minimum atomic E-state index is 0.732. The van der Waals surface area contributed by atoms with Crippen LogP contribution in [0, 0.1) is 3.83 Å². The molecule has 2 aromatic heterocycles. The molecule has 0 N–H and O–H groups in total. The number of aromatic nitrogens is 2. The molecular formula is C28H17IN2O. The molecule has 0 aliphatic carbocycles. The maximum atomic E-state index is 6.21. The quantitative estimate of drug-likeness (QED) is 0.174. The molecule has 6 aromatic rings. The smallest absolute Gasteiger partial charge is 0.191 e. The van der Waals surface area contributed by atoms with Crippen molar-refractivity contribution in [3.8, 4) is 33.6 Å². The van der Waals surface area contributed by atoms with Crippen molar-refractivity contribution in [3.05, 3.63) is 107 Å². The Morgan fingerprint density at radius 1 is 0.562 bits per heavy atom. The Kier molecular flexibility index (Phi) is 4.72. The third-order valence-corrected chi connectivity index (χ3v) is 6.15. The summed E-state index contributed by atoms with van der Waals surface area (Å²) < 4.78 is 6.94. The summed E-state index contributed by atoms with van der Waals surface area (Å²) in [5.74, 6) is 0. The summed E-state index contributed by atoms with van der Waals surface area (Å²) in [6.45, 7) is 0. The molecule has 152 valence electrons. The fraction of sp³-hybridized carbons (Fsp3) is 0. The number of para-hydroxylation sites is 2. The van der Waals surface area contributed by atoms with Crippen LogP contribution in [0.5, 0.6) is 0 Å². The predicted octanol–water partition coefficient (Wildman–Crippen LogP) is 7.98. The van der Waals surface area contributed by atoms with E-state index in [9.17, 15) is 0 Å². The van der Waals surface area contributed by atoms with Crippen LogP contribution in [0.25, 0.3) is 55.6 Å². The highest BCUT2D eigenvalue weighted by atomic mass is 127. The van der Waals surface area contributed by atoms with Gasteiger partial charge in [0.25, 0.3) is 0 Å². The molecule has 0 radical (unpaired) electrons. The molecular weight excluding hydrogens is 507 g/mol. The highest BCUT2D eigenvalue weighted by Crippen LogP contribution is 2.36. The van der Waals surface area contributed by atoms with Gasteiger partial charge < -0.3 is 4.42 Å². The molecule has 0 aliphatic rings. The van der Waals surface area contributed by atoms with Gasteiger partial charge >= 0.3 is 0 Å². The zero-order chi connectivity index (χ0) is 21.5. The van der Waals surface area contributed by atoms with E-state index in [0.29, 0.717) is 0 Å². The molecule has 2 heterocycles. The van der Waals surface area contributed by atoms with Crippen LogP contribution in [0.1, 0.15) is 0 Å². The normalized spacial score (nSPS) is 11.3. The van der Waals surface area contributed by atoms with E-state index in [1.165, 1.54) is 0 Å². The van der Waals surface area contributed by atoms with Gasteiger partial charge in [-0.3, -0.25) is 0 Å². The van der Waals surface area contributed by atoms with Crippen LogP contribution in [0.2, 0.25) is 0 Å². The van der Waals surface area contributed by atoms with E-state index >= 15 is 0 Å². The maximum Gasteiger partial charge on any atom is 0.191 e. The first kappa shape index (κ1) is 19.2. The minimum Gasteiger partial charge on any atom is -0.455 e. The molecule has 0 atom stereocenters. The number of hydrogen-bond acceptors (Lipinski definition) is 3. The van der Waals surface area contributed by atoms with Gasteiger partial charge in [0.15, 0.2) is 3.83 Å². The van der Waals surface area contributed by atoms with E-state index in [1.54, 1.807) is 0 Å². The lowest BCUT2D eigenvalue weighted by Gasteiger charge is -2.08. The van der Waals surface area contributed by atoms with Gasteiger partial charge in [-0.2, -0.15) is 0 Å². The second-order valence-electron chi connectivity index (χ2n) is 7.63. The van der Waals surface area contributed by atoms with Crippen molar-refractivity contribution in [3.63, 3.8) is 0 Å². The molecule has 6 rings (SSSR count). The molecule has 0 aliphatic heterocycles. The molecule has 0 fully saturated rings. The largest absolute Gasteiger partial charge is 0.455 e. The Balaban J connectivity index is 1.42. The minimum absolute atomic E-state index is 0.732. The van der Waals surface area contributed by atoms with Crippen LogP contribution < -0.4 is 0 Å². The highest BCUT2D eigenvalue weighted by Gasteiger charge is 2.12. The van der Waals surface area contributed by atoms with Crippen molar-refractivity contribution in [1.82, 2.24) is 9.97 Å². The van der Waals surface area contributed by atoms with Crippen LogP contribution in [0.3, 0.4) is 0 Å². The number of hydrogen-bond donors (Lipinski definition) is 0. The second-order valence-corrected chi connectivity index (χ2v) is 8.60. The van der Waals surface area contributed by atoms with E-state index in [2.05, 4.69) is 93.2 Å². The molecule has 0 spiro atoms. The van der Waals surface area contributed by atoms with Crippen molar-refractivity contribution in [2.24, 2.45) is 0 Å². The van der Waals surface area contributed by atoms with Crippen molar-refractivity contribution < 1.29 is 4.42 Å². The number of furan rings is 1. The molecule has 0 unspecified atom stereocenters. The third-order valence-electron chi connectivity index (χ3n) is 5.66. The molecule has 4 aromatic carbocycles.